The van der Waals surface area contributed by atoms with Gasteiger partial charge in [-0.25, -0.2) is 8.78 Å². The first-order chi connectivity index (χ1) is 6.24. The SMILES string of the molecule is CCC=CCc1ccc(F)cc1F. The molecule has 0 aliphatic heterocycles. The van der Waals surface area contributed by atoms with Crippen LogP contribution in [0.2, 0.25) is 0 Å². The maximum absolute atomic E-state index is 13.0. The highest BCUT2D eigenvalue weighted by Crippen LogP contribution is 2.10. The van der Waals surface area contributed by atoms with E-state index in [9.17, 15) is 8.78 Å². The van der Waals surface area contributed by atoms with Crippen molar-refractivity contribution in [3.8, 4) is 0 Å². The lowest BCUT2D eigenvalue weighted by Crippen LogP contribution is -1.89. The van der Waals surface area contributed by atoms with Crippen LogP contribution in [0, 0.1) is 11.6 Å². The first kappa shape index (κ1) is 9.90. The summed E-state index contributed by atoms with van der Waals surface area (Å²) in [6.45, 7) is 2.01. The van der Waals surface area contributed by atoms with Crippen LogP contribution in [0.3, 0.4) is 0 Å². The molecule has 0 atom stereocenters. The fourth-order valence-electron chi connectivity index (χ4n) is 1.06. The Bertz CT molecular complexity index is 303. The number of hydrogen-bond acceptors (Lipinski definition) is 0. The minimum atomic E-state index is -0.527. The van der Waals surface area contributed by atoms with E-state index in [1.165, 1.54) is 12.1 Å². The number of allylic oxidation sites excluding steroid dienone is 2. The Morgan fingerprint density at radius 3 is 2.62 bits per heavy atom. The summed E-state index contributed by atoms with van der Waals surface area (Å²) in [7, 11) is 0. The molecular weight excluding hydrogens is 170 g/mol. The zero-order valence-electron chi connectivity index (χ0n) is 7.56. The average Bonchev–Trinajstić information content (AvgIpc) is 2.09. The molecule has 1 aromatic rings. The van der Waals surface area contributed by atoms with Crippen molar-refractivity contribution in [1.82, 2.24) is 0 Å². The normalized spacial score (nSPS) is 11.0. The van der Waals surface area contributed by atoms with Crippen molar-refractivity contribution in [3.05, 3.63) is 47.5 Å². The molecule has 0 radical (unpaired) electrons. The fraction of sp³-hybridized carbons (Fsp3) is 0.273. The molecule has 2 heteroatoms. The summed E-state index contributed by atoms with van der Waals surface area (Å²) in [5.41, 5.74) is 0.533. The molecular formula is C11H12F2. The van der Waals surface area contributed by atoms with E-state index in [0.717, 1.165) is 12.5 Å². The van der Waals surface area contributed by atoms with E-state index < -0.39 is 11.6 Å². The third kappa shape index (κ3) is 2.98. The summed E-state index contributed by atoms with van der Waals surface area (Å²) in [6.07, 6.45) is 5.31. The molecule has 0 nitrogen and oxygen atoms in total. The van der Waals surface area contributed by atoms with E-state index >= 15 is 0 Å². The van der Waals surface area contributed by atoms with Crippen molar-refractivity contribution in [1.29, 1.82) is 0 Å². The summed E-state index contributed by atoms with van der Waals surface area (Å²) < 4.78 is 25.5. The maximum Gasteiger partial charge on any atom is 0.129 e. The second kappa shape index (κ2) is 4.75. The number of hydrogen-bond donors (Lipinski definition) is 0. The highest BCUT2D eigenvalue weighted by Gasteiger charge is 2.00. The van der Waals surface area contributed by atoms with Gasteiger partial charge in [-0.3, -0.25) is 0 Å². The van der Waals surface area contributed by atoms with Crippen LogP contribution in [-0.2, 0) is 6.42 Å². The topological polar surface area (TPSA) is 0 Å². The molecule has 0 saturated carbocycles. The van der Waals surface area contributed by atoms with E-state index in [-0.39, 0.29) is 0 Å². The van der Waals surface area contributed by atoms with Crippen molar-refractivity contribution in [2.75, 3.05) is 0 Å². The molecule has 70 valence electrons. The Balaban J connectivity index is 2.72. The van der Waals surface area contributed by atoms with Gasteiger partial charge >= 0.3 is 0 Å². The molecule has 0 bridgehead atoms. The van der Waals surface area contributed by atoms with Gasteiger partial charge in [0.05, 0.1) is 0 Å². The summed E-state index contributed by atoms with van der Waals surface area (Å²) in [6, 6.07) is 3.66. The largest absolute Gasteiger partial charge is 0.207 e. The molecule has 0 N–H and O–H groups in total. The van der Waals surface area contributed by atoms with E-state index in [1.54, 1.807) is 0 Å². The lowest BCUT2D eigenvalue weighted by Gasteiger charge is -1.98. The third-order valence-electron chi connectivity index (χ3n) is 1.76. The second-order valence-corrected chi connectivity index (χ2v) is 2.82. The lowest BCUT2D eigenvalue weighted by molar-refractivity contribution is 0.575. The van der Waals surface area contributed by atoms with Gasteiger partial charge in [0.1, 0.15) is 11.6 Å². The molecule has 0 amide bonds. The van der Waals surface area contributed by atoms with Crippen LogP contribution in [0.1, 0.15) is 18.9 Å². The van der Waals surface area contributed by atoms with E-state index in [4.69, 9.17) is 0 Å². The van der Waals surface area contributed by atoms with Gasteiger partial charge in [0.15, 0.2) is 0 Å². The molecule has 1 rings (SSSR count). The molecule has 0 fully saturated rings. The van der Waals surface area contributed by atoms with Crippen molar-refractivity contribution >= 4 is 0 Å². The monoisotopic (exact) mass is 182 g/mol. The molecule has 0 aliphatic rings. The van der Waals surface area contributed by atoms with E-state index in [0.29, 0.717) is 12.0 Å². The van der Waals surface area contributed by atoms with Crippen LogP contribution in [-0.4, -0.2) is 0 Å². The van der Waals surface area contributed by atoms with Crippen molar-refractivity contribution in [2.45, 2.75) is 19.8 Å². The summed E-state index contributed by atoms with van der Waals surface area (Å²) >= 11 is 0. The highest BCUT2D eigenvalue weighted by atomic mass is 19.1. The summed E-state index contributed by atoms with van der Waals surface area (Å²) in [5, 5.41) is 0. The van der Waals surface area contributed by atoms with Crippen LogP contribution in [0.15, 0.2) is 30.4 Å². The standard InChI is InChI=1S/C11H12F2/c1-2-3-4-5-9-6-7-10(12)8-11(9)13/h3-4,6-8H,2,5H2,1H3. The second-order valence-electron chi connectivity index (χ2n) is 2.82. The minimum absolute atomic E-state index is 0.472. The molecule has 0 spiro atoms. The van der Waals surface area contributed by atoms with Crippen LogP contribution < -0.4 is 0 Å². The van der Waals surface area contributed by atoms with Crippen molar-refractivity contribution in [2.24, 2.45) is 0 Å². The Labute approximate surface area is 76.9 Å². The average molecular weight is 182 g/mol. The quantitative estimate of drug-likeness (QED) is 0.628. The van der Waals surface area contributed by atoms with Gasteiger partial charge in [0.25, 0.3) is 0 Å². The highest BCUT2D eigenvalue weighted by molar-refractivity contribution is 5.20. The number of benzene rings is 1. The smallest absolute Gasteiger partial charge is 0.129 e. The van der Waals surface area contributed by atoms with Gasteiger partial charge in [0, 0.05) is 6.07 Å². The molecule has 13 heavy (non-hydrogen) atoms. The van der Waals surface area contributed by atoms with Gasteiger partial charge in [-0.1, -0.05) is 25.1 Å². The van der Waals surface area contributed by atoms with Crippen LogP contribution in [0.5, 0.6) is 0 Å². The molecule has 0 aliphatic carbocycles. The van der Waals surface area contributed by atoms with Crippen LogP contribution in [0.25, 0.3) is 0 Å². The van der Waals surface area contributed by atoms with Crippen LogP contribution in [0.4, 0.5) is 8.78 Å². The zero-order valence-corrected chi connectivity index (χ0v) is 7.56. The first-order valence-electron chi connectivity index (χ1n) is 4.33. The van der Waals surface area contributed by atoms with E-state index in [1.807, 2.05) is 19.1 Å². The third-order valence-corrected chi connectivity index (χ3v) is 1.76. The van der Waals surface area contributed by atoms with Crippen LogP contribution >= 0.6 is 0 Å². The maximum atomic E-state index is 13.0. The van der Waals surface area contributed by atoms with Gasteiger partial charge < -0.3 is 0 Å². The first-order valence-corrected chi connectivity index (χ1v) is 4.33. The molecule has 0 saturated heterocycles. The number of halogens is 2. The Hall–Kier alpha value is -1.18. The molecule has 0 heterocycles. The molecule has 0 aromatic heterocycles. The molecule has 1 aromatic carbocycles. The lowest BCUT2D eigenvalue weighted by atomic mass is 10.1. The van der Waals surface area contributed by atoms with Crippen molar-refractivity contribution in [3.63, 3.8) is 0 Å². The Kier molecular flexibility index (Phi) is 3.62. The van der Waals surface area contributed by atoms with E-state index in [2.05, 4.69) is 0 Å². The van der Waals surface area contributed by atoms with Gasteiger partial charge in [-0.2, -0.15) is 0 Å². The van der Waals surface area contributed by atoms with Crippen molar-refractivity contribution < 1.29 is 8.78 Å². The summed E-state index contributed by atoms with van der Waals surface area (Å²) in [4.78, 5) is 0. The predicted molar refractivity (Wildman–Crippen MR) is 49.5 cm³/mol. The predicted octanol–water partition coefficient (Wildman–Crippen LogP) is 3.47. The molecule has 0 unspecified atom stereocenters. The van der Waals surface area contributed by atoms with Gasteiger partial charge in [-0.05, 0) is 24.5 Å². The van der Waals surface area contributed by atoms with Gasteiger partial charge in [-0.15, -0.1) is 0 Å². The zero-order chi connectivity index (χ0) is 9.68. The Morgan fingerprint density at radius 2 is 2.00 bits per heavy atom. The Morgan fingerprint density at radius 1 is 1.23 bits per heavy atom. The van der Waals surface area contributed by atoms with Gasteiger partial charge in [0.2, 0.25) is 0 Å². The minimum Gasteiger partial charge on any atom is -0.207 e. The number of rotatable bonds is 3. The fourth-order valence-corrected chi connectivity index (χ4v) is 1.06. The summed E-state index contributed by atoms with van der Waals surface area (Å²) in [5.74, 6) is -0.999.